The number of hydrogen-bond acceptors (Lipinski definition) is 3. The van der Waals surface area contributed by atoms with Gasteiger partial charge in [-0.1, -0.05) is 12.6 Å². The fourth-order valence-corrected chi connectivity index (χ4v) is 4.51. The highest BCUT2D eigenvalue weighted by Gasteiger charge is 2.23. The molecule has 0 saturated carbocycles. The molecule has 1 aliphatic rings. The van der Waals surface area contributed by atoms with Crippen LogP contribution in [0.3, 0.4) is 0 Å². The quantitative estimate of drug-likeness (QED) is 0.573. The molecule has 0 spiro atoms. The number of carbonyl (C=O) groups is 1. The number of ether oxygens (including phenoxy) is 1. The molecule has 0 N–H and O–H groups in total. The summed E-state index contributed by atoms with van der Waals surface area (Å²) < 4.78 is 7.95. The third kappa shape index (κ3) is 2.92. The summed E-state index contributed by atoms with van der Waals surface area (Å²) >= 11 is 0. The van der Waals surface area contributed by atoms with Gasteiger partial charge in [0.2, 0.25) is 0 Å². The minimum Gasteiger partial charge on any atom is -0.496 e. The molecule has 3 aromatic rings. The second kappa shape index (κ2) is 7.10. The van der Waals surface area contributed by atoms with Gasteiger partial charge in [-0.3, -0.25) is 4.79 Å². The summed E-state index contributed by atoms with van der Waals surface area (Å²) in [6, 6.07) is 8.51. The van der Waals surface area contributed by atoms with E-state index in [0.717, 1.165) is 43.3 Å². The van der Waals surface area contributed by atoms with Gasteiger partial charge in [0.05, 0.1) is 18.2 Å². The van der Waals surface area contributed by atoms with Crippen LogP contribution < -0.4 is 4.74 Å². The number of ketones is 1. The molecule has 4 nitrogen and oxygen atoms in total. The van der Waals surface area contributed by atoms with E-state index >= 15 is 0 Å². The van der Waals surface area contributed by atoms with Gasteiger partial charge in [0.25, 0.3) is 0 Å². The molecule has 0 atom stereocenters. The van der Waals surface area contributed by atoms with E-state index in [2.05, 4.69) is 42.3 Å². The predicted molar refractivity (Wildman–Crippen MR) is 117 cm³/mol. The van der Waals surface area contributed by atoms with Crippen molar-refractivity contribution in [3.63, 3.8) is 0 Å². The molecule has 0 unspecified atom stereocenters. The Morgan fingerprint density at radius 2 is 2.00 bits per heavy atom. The van der Waals surface area contributed by atoms with E-state index < -0.39 is 0 Å². The van der Waals surface area contributed by atoms with Crippen LogP contribution in [0, 0.1) is 0 Å². The van der Waals surface area contributed by atoms with Crippen molar-refractivity contribution in [3.05, 3.63) is 47.5 Å². The van der Waals surface area contributed by atoms with Crippen molar-refractivity contribution in [1.29, 1.82) is 0 Å². The van der Waals surface area contributed by atoms with E-state index in [9.17, 15) is 4.79 Å². The Balaban J connectivity index is 2.02. The molecule has 0 radical (unpaired) electrons. The monoisotopic (exact) mass is 376 g/mol. The molecule has 0 bridgehead atoms. The number of hydrogen-bond donors (Lipinski definition) is 0. The summed E-state index contributed by atoms with van der Waals surface area (Å²) in [7, 11) is 5.84. The molecule has 0 amide bonds. The average molecular weight is 377 g/mol. The lowest BCUT2D eigenvalue weighted by Gasteiger charge is -2.13. The molecule has 4 rings (SSSR count). The number of benzene rings is 2. The maximum Gasteiger partial charge on any atom is 0.163 e. The van der Waals surface area contributed by atoms with E-state index in [1.807, 2.05) is 12.1 Å². The van der Waals surface area contributed by atoms with Gasteiger partial charge < -0.3 is 14.2 Å². The predicted octanol–water partition coefficient (Wildman–Crippen LogP) is 4.92. The zero-order valence-electron chi connectivity index (χ0n) is 17.3. The summed E-state index contributed by atoms with van der Waals surface area (Å²) in [6.07, 6.45) is 3.09. The Morgan fingerprint density at radius 3 is 2.68 bits per heavy atom. The molecular formula is C24H28N2O2. The first kappa shape index (κ1) is 18.8. The lowest BCUT2D eigenvalue weighted by Crippen LogP contribution is -2.15. The van der Waals surface area contributed by atoms with Gasteiger partial charge in [0, 0.05) is 28.9 Å². The minimum atomic E-state index is 0.0317. The molecule has 0 saturated heterocycles. The maximum absolute atomic E-state index is 12.2. The molecule has 28 heavy (non-hydrogen) atoms. The van der Waals surface area contributed by atoms with E-state index in [1.54, 1.807) is 14.0 Å². The van der Waals surface area contributed by atoms with Crippen LogP contribution in [0.15, 0.2) is 30.8 Å². The molecule has 1 heterocycles. The van der Waals surface area contributed by atoms with E-state index in [-0.39, 0.29) is 5.78 Å². The molecule has 1 aliphatic carbocycles. The van der Waals surface area contributed by atoms with Gasteiger partial charge in [-0.05, 0) is 75.7 Å². The Bertz CT molecular complexity index is 1110. The van der Waals surface area contributed by atoms with Gasteiger partial charge >= 0.3 is 0 Å². The average Bonchev–Trinajstić information content (AvgIpc) is 3.18. The van der Waals surface area contributed by atoms with Crippen molar-refractivity contribution in [2.24, 2.45) is 0 Å². The lowest BCUT2D eigenvalue weighted by atomic mass is 10.00. The Labute approximate surface area is 166 Å². The zero-order valence-corrected chi connectivity index (χ0v) is 17.3. The van der Waals surface area contributed by atoms with E-state index in [1.165, 1.54) is 27.6 Å². The number of methoxy groups -OCH3 is 1. The molecule has 0 aliphatic heterocycles. The Morgan fingerprint density at radius 1 is 1.21 bits per heavy atom. The second-order valence-corrected chi connectivity index (χ2v) is 8.02. The van der Waals surface area contributed by atoms with Crippen LogP contribution in [0.25, 0.3) is 27.4 Å². The highest BCUT2D eigenvalue weighted by atomic mass is 16.5. The minimum absolute atomic E-state index is 0.0317. The summed E-state index contributed by atoms with van der Waals surface area (Å²) in [5.74, 6) is 0.682. The van der Waals surface area contributed by atoms with Crippen LogP contribution in [-0.2, 0) is 13.0 Å². The highest BCUT2D eigenvalue weighted by Crippen LogP contribution is 2.42. The van der Waals surface area contributed by atoms with Crippen molar-refractivity contribution < 1.29 is 9.53 Å². The number of rotatable bonds is 6. The molecule has 146 valence electrons. The first-order valence-electron chi connectivity index (χ1n) is 9.92. The van der Waals surface area contributed by atoms with Crippen LogP contribution in [0.1, 0.15) is 41.3 Å². The summed E-state index contributed by atoms with van der Waals surface area (Å²) in [4.78, 5) is 14.5. The van der Waals surface area contributed by atoms with Crippen LogP contribution in [0.4, 0.5) is 0 Å². The fraction of sp³-hybridized carbons (Fsp3) is 0.375. The molecule has 4 heteroatoms. The number of carbonyl (C=O) groups excluding carboxylic acids is 1. The van der Waals surface area contributed by atoms with Crippen molar-refractivity contribution in [2.45, 2.75) is 32.7 Å². The van der Waals surface area contributed by atoms with E-state index in [4.69, 9.17) is 4.74 Å². The van der Waals surface area contributed by atoms with Crippen LogP contribution in [-0.4, -0.2) is 43.0 Å². The summed E-state index contributed by atoms with van der Waals surface area (Å²) in [6.45, 7) is 7.81. The van der Waals surface area contributed by atoms with Crippen LogP contribution >= 0.6 is 0 Å². The summed E-state index contributed by atoms with van der Waals surface area (Å²) in [5, 5.41) is 2.43. The first-order chi connectivity index (χ1) is 13.4. The van der Waals surface area contributed by atoms with Crippen molar-refractivity contribution in [2.75, 3.05) is 27.7 Å². The largest absolute Gasteiger partial charge is 0.496 e. The standard InChI is InChI=1S/C24H28N2O2/c1-15-7-8-18-17(15)9-10-21-24(18)20-13-19(16(2)27)23(28-5)14-22(20)26(21)12-6-11-25(3)4/h9-10,13-14H,1,6-8,11-12H2,2-5H3. The third-order valence-corrected chi connectivity index (χ3v) is 5.88. The number of nitrogens with zero attached hydrogens (tertiary/aromatic N) is 2. The van der Waals surface area contributed by atoms with Crippen molar-refractivity contribution >= 4 is 33.2 Å². The summed E-state index contributed by atoms with van der Waals surface area (Å²) in [5.41, 5.74) is 6.90. The molecule has 2 aromatic carbocycles. The van der Waals surface area contributed by atoms with Gasteiger partial charge in [-0.2, -0.15) is 0 Å². The number of aryl methyl sites for hydroxylation is 2. The van der Waals surface area contributed by atoms with Gasteiger partial charge in [0.15, 0.2) is 5.78 Å². The molecule has 1 aromatic heterocycles. The Kier molecular flexibility index (Phi) is 4.76. The van der Waals surface area contributed by atoms with Crippen molar-refractivity contribution in [1.82, 2.24) is 9.47 Å². The number of aromatic nitrogens is 1. The smallest absolute Gasteiger partial charge is 0.163 e. The van der Waals surface area contributed by atoms with Gasteiger partial charge in [-0.25, -0.2) is 0 Å². The SMILES string of the molecule is C=C1CCc2c1ccc1c2c2cc(C(C)=O)c(OC)cc2n1CCCN(C)C. The Hall–Kier alpha value is -2.59. The molecular weight excluding hydrogens is 348 g/mol. The van der Waals surface area contributed by atoms with E-state index in [0.29, 0.717) is 11.3 Å². The second-order valence-electron chi connectivity index (χ2n) is 8.02. The highest BCUT2D eigenvalue weighted by molar-refractivity contribution is 6.14. The zero-order chi connectivity index (χ0) is 20.0. The fourth-order valence-electron chi connectivity index (χ4n) is 4.51. The molecule has 0 fully saturated rings. The number of allylic oxidation sites excluding steroid dienone is 1. The maximum atomic E-state index is 12.2. The topological polar surface area (TPSA) is 34.5 Å². The number of Topliss-reactive ketones (excluding diaryl/α,β-unsaturated/α-hetero) is 1. The van der Waals surface area contributed by atoms with Crippen LogP contribution in [0.2, 0.25) is 0 Å². The van der Waals surface area contributed by atoms with Crippen LogP contribution in [0.5, 0.6) is 5.75 Å². The number of fused-ring (bicyclic) bond motifs is 5. The van der Waals surface area contributed by atoms with Gasteiger partial charge in [-0.15, -0.1) is 0 Å². The van der Waals surface area contributed by atoms with Crippen molar-refractivity contribution in [3.8, 4) is 5.75 Å². The first-order valence-corrected chi connectivity index (χ1v) is 9.92. The normalized spacial score (nSPS) is 13.7. The third-order valence-electron chi connectivity index (χ3n) is 5.88. The lowest BCUT2D eigenvalue weighted by molar-refractivity contribution is 0.101. The van der Waals surface area contributed by atoms with Gasteiger partial charge in [0.1, 0.15) is 5.75 Å².